The molecular weight excluding hydrogens is 488 g/mol. The Hall–Kier alpha value is -3.94. The Morgan fingerprint density at radius 2 is 1.81 bits per heavy atom. The van der Waals surface area contributed by atoms with E-state index in [2.05, 4.69) is 15.0 Å². The summed E-state index contributed by atoms with van der Waals surface area (Å²) >= 11 is 6.06. The van der Waals surface area contributed by atoms with Gasteiger partial charge in [-0.3, -0.25) is 0 Å². The van der Waals surface area contributed by atoms with Gasteiger partial charge in [0.15, 0.2) is 5.60 Å². The zero-order chi connectivity index (χ0) is 26.2. The summed E-state index contributed by atoms with van der Waals surface area (Å²) in [5.41, 5.74) is 2.82. The smallest absolute Gasteiger partial charge is 0.214 e. The maximum Gasteiger partial charge on any atom is 0.214 e. The first-order valence-corrected chi connectivity index (χ1v) is 12.2. The predicted octanol–water partition coefficient (Wildman–Crippen LogP) is 5.76. The van der Waals surface area contributed by atoms with Crippen LogP contribution in [0, 0.1) is 0 Å². The molecule has 3 aromatic heterocycles. The van der Waals surface area contributed by atoms with E-state index >= 15 is 0 Å². The lowest BCUT2D eigenvalue weighted by atomic mass is 9.83. The van der Waals surface area contributed by atoms with Gasteiger partial charge in [-0.05, 0) is 60.9 Å². The van der Waals surface area contributed by atoms with Crippen molar-refractivity contribution in [2.45, 2.75) is 25.6 Å². The topological polar surface area (TPSA) is 82.3 Å². The molecular formula is C29H27ClN4O3. The maximum absolute atomic E-state index is 12.3. The molecule has 0 saturated heterocycles. The summed E-state index contributed by atoms with van der Waals surface area (Å²) in [6.07, 6.45) is 4.94. The number of halogens is 1. The molecule has 188 valence electrons. The standard InChI is InChI=1S/C29H27ClN4O3/c1-18(2)37-22-7-5-6-19(12-22)23-14-28(36-4)33-25-10-8-20(13-24(23)25)29(35,26-16-31-17-34(26)3)21-9-11-27(30)32-15-21/h5-18,35H,1-4H3. The third kappa shape index (κ3) is 4.63. The van der Waals surface area contributed by atoms with E-state index in [9.17, 15) is 5.11 Å². The lowest BCUT2D eigenvalue weighted by Gasteiger charge is -2.30. The molecule has 3 heterocycles. The molecule has 0 amide bonds. The van der Waals surface area contributed by atoms with E-state index in [-0.39, 0.29) is 6.10 Å². The van der Waals surface area contributed by atoms with E-state index in [0.29, 0.717) is 27.9 Å². The largest absolute Gasteiger partial charge is 0.491 e. The fourth-order valence-electron chi connectivity index (χ4n) is 4.54. The molecule has 0 spiro atoms. The Morgan fingerprint density at radius 3 is 2.49 bits per heavy atom. The van der Waals surface area contributed by atoms with Crippen LogP contribution in [-0.2, 0) is 12.6 Å². The number of aliphatic hydroxyl groups is 1. The van der Waals surface area contributed by atoms with Crippen LogP contribution < -0.4 is 9.47 Å². The van der Waals surface area contributed by atoms with Gasteiger partial charge in [0.05, 0.1) is 36.9 Å². The van der Waals surface area contributed by atoms with Gasteiger partial charge in [-0.2, -0.15) is 0 Å². The molecule has 2 aromatic carbocycles. The Kier molecular flexibility index (Phi) is 6.58. The first-order valence-electron chi connectivity index (χ1n) is 11.9. The fraction of sp³-hybridized carbons (Fsp3) is 0.207. The van der Waals surface area contributed by atoms with Crippen LogP contribution in [0.15, 0.2) is 79.4 Å². The second-order valence-electron chi connectivity index (χ2n) is 9.11. The van der Waals surface area contributed by atoms with Crippen LogP contribution in [0.5, 0.6) is 11.6 Å². The zero-order valence-corrected chi connectivity index (χ0v) is 21.8. The minimum absolute atomic E-state index is 0.0486. The van der Waals surface area contributed by atoms with Crippen molar-refractivity contribution in [1.82, 2.24) is 19.5 Å². The number of imidazole rings is 1. The average Bonchev–Trinajstić information content (AvgIpc) is 3.33. The van der Waals surface area contributed by atoms with Crippen LogP contribution >= 0.6 is 11.6 Å². The van der Waals surface area contributed by atoms with Crippen molar-refractivity contribution < 1.29 is 14.6 Å². The average molecular weight is 515 g/mol. The number of hydrogen-bond donors (Lipinski definition) is 1. The van der Waals surface area contributed by atoms with Gasteiger partial charge >= 0.3 is 0 Å². The molecule has 5 aromatic rings. The molecule has 0 aliphatic rings. The fourth-order valence-corrected chi connectivity index (χ4v) is 4.65. The quantitative estimate of drug-likeness (QED) is 0.278. The molecule has 8 heteroatoms. The third-order valence-corrected chi connectivity index (χ3v) is 6.49. The lowest BCUT2D eigenvalue weighted by Crippen LogP contribution is -2.31. The molecule has 7 nitrogen and oxygen atoms in total. The van der Waals surface area contributed by atoms with Gasteiger partial charge < -0.3 is 19.1 Å². The highest BCUT2D eigenvalue weighted by Gasteiger charge is 2.37. The molecule has 0 fully saturated rings. The molecule has 1 N–H and O–H groups in total. The number of hydrogen-bond acceptors (Lipinski definition) is 6. The summed E-state index contributed by atoms with van der Waals surface area (Å²) < 4.78 is 13.2. The number of benzene rings is 2. The number of ether oxygens (including phenoxy) is 2. The van der Waals surface area contributed by atoms with Crippen molar-refractivity contribution >= 4 is 22.5 Å². The molecule has 1 unspecified atom stereocenters. The maximum atomic E-state index is 12.3. The minimum atomic E-state index is -1.54. The number of fused-ring (bicyclic) bond motifs is 1. The Labute approximate surface area is 220 Å². The van der Waals surface area contributed by atoms with Crippen molar-refractivity contribution in [2.24, 2.45) is 7.05 Å². The Balaban J connectivity index is 1.76. The Morgan fingerprint density at radius 1 is 1.00 bits per heavy atom. The molecule has 1 atom stereocenters. The van der Waals surface area contributed by atoms with E-state index in [1.54, 1.807) is 42.5 Å². The van der Waals surface area contributed by atoms with Crippen molar-refractivity contribution in [1.29, 1.82) is 0 Å². The lowest BCUT2D eigenvalue weighted by molar-refractivity contribution is 0.117. The number of aromatic nitrogens is 4. The second kappa shape index (κ2) is 9.84. The normalized spacial score (nSPS) is 13.1. The summed E-state index contributed by atoms with van der Waals surface area (Å²) in [6.45, 7) is 3.99. The molecule has 0 aliphatic heterocycles. The van der Waals surface area contributed by atoms with Crippen LogP contribution in [-0.4, -0.2) is 37.8 Å². The van der Waals surface area contributed by atoms with Crippen molar-refractivity contribution in [3.05, 3.63) is 101 Å². The Bertz CT molecular complexity index is 1570. The molecule has 0 radical (unpaired) electrons. The first-order chi connectivity index (χ1) is 17.8. The van der Waals surface area contributed by atoms with Gasteiger partial charge in [-0.1, -0.05) is 35.9 Å². The zero-order valence-electron chi connectivity index (χ0n) is 21.0. The van der Waals surface area contributed by atoms with Gasteiger partial charge in [-0.15, -0.1) is 0 Å². The van der Waals surface area contributed by atoms with E-state index in [1.807, 2.05) is 69.4 Å². The molecule has 0 saturated carbocycles. The second-order valence-corrected chi connectivity index (χ2v) is 9.50. The first kappa shape index (κ1) is 24.7. The third-order valence-electron chi connectivity index (χ3n) is 6.26. The van der Waals surface area contributed by atoms with E-state index in [0.717, 1.165) is 27.8 Å². The van der Waals surface area contributed by atoms with Gasteiger partial charge in [0, 0.05) is 30.3 Å². The number of rotatable bonds is 7. The summed E-state index contributed by atoms with van der Waals surface area (Å²) in [7, 11) is 3.44. The van der Waals surface area contributed by atoms with E-state index in [1.165, 1.54) is 0 Å². The van der Waals surface area contributed by atoms with Crippen molar-refractivity contribution in [2.75, 3.05) is 7.11 Å². The van der Waals surface area contributed by atoms with E-state index in [4.69, 9.17) is 21.1 Å². The van der Waals surface area contributed by atoms with Crippen molar-refractivity contribution in [3.8, 4) is 22.8 Å². The minimum Gasteiger partial charge on any atom is -0.491 e. The van der Waals surface area contributed by atoms with Crippen LogP contribution in [0.4, 0.5) is 0 Å². The van der Waals surface area contributed by atoms with Gasteiger partial charge in [0.1, 0.15) is 10.9 Å². The molecule has 37 heavy (non-hydrogen) atoms. The highest BCUT2D eigenvalue weighted by Crippen LogP contribution is 2.40. The highest BCUT2D eigenvalue weighted by molar-refractivity contribution is 6.29. The number of aryl methyl sites for hydroxylation is 1. The van der Waals surface area contributed by atoms with Gasteiger partial charge in [0.25, 0.3) is 0 Å². The van der Waals surface area contributed by atoms with Crippen LogP contribution in [0.2, 0.25) is 5.15 Å². The number of pyridine rings is 2. The number of nitrogens with zero attached hydrogens (tertiary/aromatic N) is 4. The summed E-state index contributed by atoms with van der Waals surface area (Å²) in [5.74, 6) is 1.26. The molecule has 5 rings (SSSR count). The van der Waals surface area contributed by atoms with E-state index < -0.39 is 5.60 Å². The summed E-state index contributed by atoms with van der Waals surface area (Å²) in [5, 5.41) is 13.5. The SMILES string of the molecule is COc1cc(-c2cccc(OC(C)C)c2)c2cc(C(O)(c3ccc(Cl)nc3)c3cncn3C)ccc2n1. The van der Waals surface area contributed by atoms with Gasteiger partial charge in [0.2, 0.25) is 5.88 Å². The summed E-state index contributed by atoms with van der Waals surface area (Å²) in [6, 6.07) is 18.9. The van der Waals surface area contributed by atoms with Crippen molar-refractivity contribution in [3.63, 3.8) is 0 Å². The van der Waals surface area contributed by atoms with Gasteiger partial charge in [-0.25, -0.2) is 15.0 Å². The molecule has 0 aliphatic carbocycles. The predicted molar refractivity (Wildman–Crippen MR) is 144 cm³/mol. The highest BCUT2D eigenvalue weighted by atomic mass is 35.5. The molecule has 0 bridgehead atoms. The summed E-state index contributed by atoms with van der Waals surface area (Å²) in [4.78, 5) is 13.1. The van der Waals surface area contributed by atoms with Crippen LogP contribution in [0.3, 0.4) is 0 Å². The number of methoxy groups -OCH3 is 1. The van der Waals surface area contributed by atoms with Crippen LogP contribution in [0.1, 0.15) is 30.7 Å². The van der Waals surface area contributed by atoms with Crippen LogP contribution in [0.25, 0.3) is 22.0 Å². The monoisotopic (exact) mass is 514 g/mol.